The fourth-order valence-electron chi connectivity index (χ4n) is 4.54. The van der Waals surface area contributed by atoms with Crippen LogP contribution >= 0.6 is 0 Å². The minimum atomic E-state index is -0.116. The Balaban J connectivity index is 1.31. The molecule has 0 bridgehead atoms. The fraction of sp³-hybridized carbons (Fsp3) is 0.286. The summed E-state index contributed by atoms with van der Waals surface area (Å²) in [6.45, 7) is 5.19. The van der Waals surface area contributed by atoms with E-state index in [-0.39, 0.29) is 18.4 Å². The molecule has 0 atom stereocenters. The van der Waals surface area contributed by atoms with E-state index in [0.717, 1.165) is 30.1 Å². The van der Waals surface area contributed by atoms with Gasteiger partial charge in [-0.05, 0) is 42.8 Å². The van der Waals surface area contributed by atoms with Crippen molar-refractivity contribution in [1.82, 2.24) is 4.90 Å². The van der Waals surface area contributed by atoms with Crippen LogP contribution in [0.25, 0.3) is 0 Å². The van der Waals surface area contributed by atoms with Gasteiger partial charge in [0, 0.05) is 43.5 Å². The van der Waals surface area contributed by atoms with Gasteiger partial charge in [-0.3, -0.25) is 9.59 Å². The highest BCUT2D eigenvalue weighted by Gasteiger charge is 2.28. The van der Waals surface area contributed by atoms with Crippen molar-refractivity contribution in [2.75, 3.05) is 49.7 Å². The number of amides is 2. The highest BCUT2D eigenvalue weighted by atomic mass is 16.5. The molecule has 35 heavy (non-hydrogen) atoms. The molecule has 2 aliphatic rings. The third kappa shape index (κ3) is 4.80. The van der Waals surface area contributed by atoms with Gasteiger partial charge >= 0.3 is 0 Å². The molecule has 3 aromatic rings. The SMILES string of the molecule is COc1cccc(N2CCN(C(=O)c3ccc4c(c3)N(Cc3ccc(C)cc3)C(=O)CO4)CC2)c1. The van der Waals surface area contributed by atoms with Gasteiger partial charge in [0.05, 0.1) is 19.3 Å². The number of nitrogens with zero attached hydrogens (tertiary/aromatic N) is 3. The van der Waals surface area contributed by atoms with Crippen molar-refractivity contribution in [3.63, 3.8) is 0 Å². The highest BCUT2D eigenvalue weighted by molar-refractivity contribution is 6.01. The number of aryl methyl sites for hydroxylation is 1. The van der Waals surface area contributed by atoms with Crippen LogP contribution in [0.4, 0.5) is 11.4 Å². The molecular formula is C28H29N3O4. The van der Waals surface area contributed by atoms with E-state index in [9.17, 15) is 9.59 Å². The Kier molecular flexibility index (Phi) is 6.31. The summed E-state index contributed by atoms with van der Waals surface area (Å²) >= 11 is 0. The Bertz CT molecular complexity index is 1230. The first-order chi connectivity index (χ1) is 17.0. The number of carbonyl (C=O) groups is 2. The topological polar surface area (TPSA) is 62.3 Å². The number of piperazine rings is 1. The largest absolute Gasteiger partial charge is 0.497 e. The summed E-state index contributed by atoms with van der Waals surface area (Å²) in [5.74, 6) is 1.29. The molecule has 0 N–H and O–H groups in total. The number of fused-ring (bicyclic) bond motifs is 1. The van der Waals surface area contributed by atoms with Crippen LogP contribution in [0.5, 0.6) is 11.5 Å². The monoisotopic (exact) mass is 471 g/mol. The van der Waals surface area contributed by atoms with Crippen molar-refractivity contribution in [3.05, 3.63) is 83.4 Å². The summed E-state index contributed by atoms with van der Waals surface area (Å²) in [7, 11) is 1.66. The van der Waals surface area contributed by atoms with Crippen LogP contribution in [-0.2, 0) is 11.3 Å². The number of hydrogen-bond acceptors (Lipinski definition) is 5. The van der Waals surface area contributed by atoms with E-state index in [2.05, 4.69) is 11.0 Å². The molecule has 1 fully saturated rings. The Morgan fingerprint density at radius 1 is 0.971 bits per heavy atom. The van der Waals surface area contributed by atoms with Crippen molar-refractivity contribution in [3.8, 4) is 11.5 Å². The van der Waals surface area contributed by atoms with Crippen LogP contribution in [0.2, 0.25) is 0 Å². The van der Waals surface area contributed by atoms with E-state index >= 15 is 0 Å². The van der Waals surface area contributed by atoms with Crippen LogP contribution in [-0.4, -0.2) is 56.6 Å². The van der Waals surface area contributed by atoms with Gasteiger partial charge in [-0.1, -0.05) is 35.9 Å². The van der Waals surface area contributed by atoms with Crippen LogP contribution in [0.15, 0.2) is 66.7 Å². The summed E-state index contributed by atoms with van der Waals surface area (Å²) in [4.78, 5) is 31.9. The summed E-state index contributed by atoms with van der Waals surface area (Å²) in [6, 6.07) is 21.5. The molecule has 0 spiro atoms. The molecule has 180 valence electrons. The maximum absolute atomic E-state index is 13.4. The Morgan fingerprint density at radius 2 is 1.74 bits per heavy atom. The lowest BCUT2D eigenvalue weighted by atomic mass is 10.1. The summed E-state index contributed by atoms with van der Waals surface area (Å²) in [5.41, 5.74) is 4.49. The Morgan fingerprint density at radius 3 is 2.49 bits per heavy atom. The zero-order valence-electron chi connectivity index (χ0n) is 20.1. The fourth-order valence-corrected chi connectivity index (χ4v) is 4.54. The van der Waals surface area contributed by atoms with Crippen molar-refractivity contribution in [2.24, 2.45) is 0 Å². The molecule has 2 amide bonds. The molecule has 0 aliphatic carbocycles. The number of anilines is 2. The number of ether oxygens (including phenoxy) is 2. The van der Waals surface area contributed by atoms with E-state index in [1.165, 1.54) is 5.56 Å². The van der Waals surface area contributed by atoms with Gasteiger partial charge in [0.25, 0.3) is 11.8 Å². The molecule has 2 aliphatic heterocycles. The van der Waals surface area contributed by atoms with Crippen molar-refractivity contribution in [2.45, 2.75) is 13.5 Å². The highest BCUT2D eigenvalue weighted by Crippen LogP contribution is 2.34. The van der Waals surface area contributed by atoms with Crippen LogP contribution in [0, 0.1) is 6.92 Å². The van der Waals surface area contributed by atoms with Gasteiger partial charge in [0.2, 0.25) is 0 Å². The maximum Gasteiger partial charge on any atom is 0.265 e. The van der Waals surface area contributed by atoms with Gasteiger partial charge < -0.3 is 24.2 Å². The van der Waals surface area contributed by atoms with Crippen LogP contribution in [0.3, 0.4) is 0 Å². The van der Waals surface area contributed by atoms with E-state index < -0.39 is 0 Å². The van der Waals surface area contributed by atoms with Gasteiger partial charge in [0.1, 0.15) is 11.5 Å². The normalized spacial score (nSPS) is 15.5. The minimum Gasteiger partial charge on any atom is -0.497 e. The van der Waals surface area contributed by atoms with E-state index in [1.54, 1.807) is 30.2 Å². The van der Waals surface area contributed by atoms with Crippen molar-refractivity contribution in [1.29, 1.82) is 0 Å². The van der Waals surface area contributed by atoms with Gasteiger partial charge in [0.15, 0.2) is 6.61 Å². The number of carbonyl (C=O) groups excluding carboxylic acids is 2. The molecule has 0 aromatic heterocycles. The summed E-state index contributed by atoms with van der Waals surface area (Å²) in [5, 5.41) is 0. The number of rotatable bonds is 5. The van der Waals surface area contributed by atoms with Gasteiger partial charge in [-0.25, -0.2) is 0 Å². The van der Waals surface area contributed by atoms with E-state index in [1.807, 2.05) is 54.3 Å². The molecule has 3 aromatic carbocycles. The Labute approximate surface area is 205 Å². The predicted octanol–water partition coefficient (Wildman–Crippen LogP) is 3.89. The van der Waals surface area contributed by atoms with Crippen LogP contribution in [0.1, 0.15) is 21.5 Å². The lowest BCUT2D eigenvalue weighted by Crippen LogP contribution is -2.48. The second kappa shape index (κ2) is 9.70. The maximum atomic E-state index is 13.4. The van der Waals surface area contributed by atoms with Gasteiger partial charge in [-0.2, -0.15) is 0 Å². The summed E-state index contributed by atoms with van der Waals surface area (Å²) in [6.07, 6.45) is 0. The zero-order valence-corrected chi connectivity index (χ0v) is 20.1. The molecule has 0 radical (unpaired) electrons. The Hall–Kier alpha value is -4.00. The molecule has 7 nitrogen and oxygen atoms in total. The lowest BCUT2D eigenvalue weighted by molar-refractivity contribution is -0.121. The standard InChI is InChI=1S/C28H29N3O4/c1-20-6-8-21(9-7-20)18-31-25-16-22(10-11-26(25)35-19-27(31)32)28(33)30-14-12-29(13-15-30)23-4-3-5-24(17-23)34-2/h3-11,16-17H,12-15,18-19H2,1-2H3. The average molecular weight is 472 g/mol. The number of hydrogen-bond donors (Lipinski definition) is 0. The van der Waals surface area contributed by atoms with E-state index in [4.69, 9.17) is 9.47 Å². The second-order valence-electron chi connectivity index (χ2n) is 8.92. The average Bonchev–Trinajstić information content (AvgIpc) is 2.91. The molecule has 1 saturated heterocycles. The summed E-state index contributed by atoms with van der Waals surface area (Å²) < 4.78 is 11.0. The van der Waals surface area contributed by atoms with Crippen LogP contribution < -0.4 is 19.3 Å². The first-order valence-corrected chi connectivity index (χ1v) is 11.8. The second-order valence-corrected chi connectivity index (χ2v) is 8.92. The first-order valence-electron chi connectivity index (χ1n) is 11.8. The lowest BCUT2D eigenvalue weighted by Gasteiger charge is -2.36. The third-order valence-electron chi connectivity index (χ3n) is 6.60. The minimum absolute atomic E-state index is 0.00160. The molecule has 7 heteroatoms. The molecular weight excluding hydrogens is 442 g/mol. The predicted molar refractivity (Wildman–Crippen MR) is 135 cm³/mol. The quantitative estimate of drug-likeness (QED) is 0.565. The molecule has 5 rings (SSSR count). The molecule has 2 heterocycles. The number of methoxy groups -OCH3 is 1. The van der Waals surface area contributed by atoms with E-state index in [0.29, 0.717) is 36.6 Å². The number of benzene rings is 3. The smallest absolute Gasteiger partial charge is 0.265 e. The van der Waals surface area contributed by atoms with Crippen molar-refractivity contribution < 1.29 is 19.1 Å². The molecule has 0 unspecified atom stereocenters. The third-order valence-corrected chi connectivity index (χ3v) is 6.60. The van der Waals surface area contributed by atoms with Crippen molar-refractivity contribution >= 4 is 23.2 Å². The molecule has 0 saturated carbocycles. The first kappa shape index (κ1) is 22.8. The zero-order chi connectivity index (χ0) is 24.4. The van der Waals surface area contributed by atoms with Gasteiger partial charge in [-0.15, -0.1) is 0 Å².